The SMILES string of the molecule is CN(c1ccc(C(O)(C(F)(F)F)C(F)(F)F)cc1)S(=O)(=O)c1cc(Cl)sc1Cl. The number of halogens is 8. The molecule has 2 aromatic rings. The Labute approximate surface area is 169 Å². The van der Waals surface area contributed by atoms with Gasteiger partial charge in [-0.1, -0.05) is 35.3 Å². The van der Waals surface area contributed by atoms with Gasteiger partial charge in [-0.2, -0.15) is 26.3 Å². The highest BCUT2D eigenvalue weighted by molar-refractivity contribution is 7.93. The van der Waals surface area contributed by atoms with Gasteiger partial charge in [0.15, 0.2) is 0 Å². The zero-order valence-corrected chi connectivity index (χ0v) is 16.6. The Morgan fingerprint density at radius 1 is 1.00 bits per heavy atom. The minimum atomic E-state index is -6.05. The Bertz CT molecular complexity index is 956. The van der Waals surface area contributed by atoms with E-state index in [0.717, 1.165) is 24.5 Å². The molecule has 1 aromatic heterocycles. The fourth-order valence-corrected chi connectivity index (χ4v) is 5.49. The van der Waals surface area contributed by atoms with E-state index in [1.807, 2.05) is 0 Å². The lowest BCUT2D eigenvalue weighted by atomic mass is 9.92. The lowest BCUT2D eigenvalue weighted by Gasteiger charge is -2.33. The van der Waals surface area contributed by atoms with Crippen molar-refractivity contribution in [3.63, 3.8) is 0 Å². The van der Waals surface area contributed by atoms with Gasteiger partial charge in [0, 0.05) is 12.6 Å². The van der Waals surface area contributed by atoms with Gasteiger partial charge in [-0.15, -0.1) is 11.3 Å². The smallest absolute Gasteiger partial charge is 0.369 e. The maximum absolute atomic E-state index is 12.9. The van der Waals surface area contributed by atoms with Crippen molar-refractivity contribution < 1.29 is 39.9 Å². The lowest BCUT2D eigenvalue weighted by Crippen LogP contribution is -2.53. The van der Waals surface area contributed by atoms with Crippen LogP contribution < -0.4 is 4.31 Å². The Hall–Kier alpha value is -1.21. The van der Waals surface area contributed by atoms with Gasteiger partial charge in [-0.3, -0.25) is 4.31 Å². The number of nitrogens with zero attached hydrogens (tertiary/aromatic N) is 1. The van der Waals surface area contributed by atoms with E-state index in [1.54, 1.807) is 0 Å². The van der Waals surface area contributed by atoms with Gasteiger partial charge >= 0.3 is 12.4 Å². The molecule has 0 amide bonds. The Morgan fingerprint density at radius 2 is 1.46 bits per heavy atom. The van der Waals surface area contributed by atoms with E-state index in [9.17, 15) is 39.9 Å². The molecule has 28 heavy (non-hydrogen) atoms. The van der Waals surface area contributed by atoms with Crippen LogP contribution in [0, 0.1) is 0 Å². The van der Waals surface area contributed by atoms with E-state index in [2.05, 4.69) is 0 Å². The summed E-state index contributed by atoms with van der Waals surface area (Å²) in [6.45, 7) is 0. The Kier molecular flexibility index (Phi) is 5.97. The first kappa shape index (κ1) is 23.1. The summed E-state index contributed by atoms with van der Waals surface area (Å²) in [5.74, 6) is 0. The molecule has 14 heteroatoms. The third-order valence-electron chi connectivity index (χ3n) is 3.73. The molecule has 0 aliphatic heterocycles. The average Bonchev–Trinajstić information content (AvgIpc) is 2.90. The first-order chi connectivity index (χ1) is 12.5. The van der Waals surface area contributed by atoms with E-state index >= 15 is 0 Å². The van der Waals surface area contributed by atoms with Crippen LogP contribution in [0.15, 0.2) is 35.2 Å². The van der Waals surface area contributed by atoms with Gasteiger partial charge < -0.3 is 5.11 Å². The molecule has 0 aliphatic carbocycles. The number of alkyl halides is 6. The summed E-state index contributed by atoms with van der Waals surface area (Å²) in [6.07, 6.45) is -12.1. The van der Waals surface area contributed by atoms with E-state index in [0.29, 0.717) is 28.6 Å². The summed E-state index contributed by atoms with van der Waals surface area (Å²) < 4.78 is 103. The van der Waals surface area contributed by atoms with Crippen molar-refractivity contribution in [2.24, 2.45) is 0 Å². The van der Waals surface area contributed by atoms with Crippen LogP contribution in [0.3, 0.4) is 0 Å². The number of hydrogen-bond donors (Lipinski definition) is 1. The summed E-state index contributed by atoms with van der Waals surface area (Å²) >= 11 is 12.2. The lowest BCUT2D eigenvalue weighted by molar-refractivity contribution is -0.376. The fourth-order valence-electron chi connectivity index (χ4n) is 2.19. The second-order valence-electron chi connectivity index (χ2n) is 5.41. The maximum Gasteiger partial charge on any atom is 0.430 e. The van der Waals surface area contributed by atoms with Crippen LogP contribution in [0.5, 0.6) is 0 Å². The van der Waals surface area contributed by atoms with Crippen molar-refractivity contribution in [1.82, 2.24) is 0 Å². The molecule has 0 saturated heterocycles. The molecule has 0 bridgehead atoms. The predicted octanol–water partition coefficient (Wildman–Crippen LogP) is 5.19. The summed E-state index contributed by atoms with van der Waals surface area (Å²) in [6, 6.07) is 3.12. The molecule has 1 heterocycles. The molecule has 0 aliphatic rings. The molecule has 0 unspecified atom stereocenters. The molecular formula is C14H9Cl2F6NO3S2. The largest absolute Gasteiger partial charge is 0.430 e. The van der Waals surface area contributed by atoms with Crippen molar-refractivity contribution >= 4 is 50.2 Å². The van der Waals surface area contributed by atoms with E-state index in [-0.39, 0.29) is 19.3 Å². The first-order valence-corrected chi connectivity index (χ1v) is 9.95. The van der Waals surface area contributed by atoms with E-state index in [4.69, 9.17) is 23.2 Å². The molecule has 0 fully saturated rings. The molecule has 1 aromatic carbocycles. The van der Waals surface area contributed by atoms with Crippen LogP contribution in [-0.4, -0.2) is 32.9 Å². The summed E-state index contributed by atoms with van der Waals surface area (Å²) in [7, 11) is -3.27. The van der Waals surface area contributed by atoms with Crippen molar-refractivity contribution in [3.05, 3.63) is 44.6 Å². The summed E-state index contributed by atoms with van der Waals surface area (Å²) in [5, 5.41) is 9.35. The maximum atomic E-state index is 12.9. The van der Waals surface area contributed by atoms with Gasteiger partial charge in [-0.25, -0.2) is 8.42 Å². The zero-order chi connectivity index (χ0) is 21.7. The van der Waals surface area contributed by atoms with Crippen LogP contribution in [0.4, 0.5) is 32.0 Å². The molecular weight excluding hydrogens is 479 g/mol. The van der Waals surface area contributed by atoms with Gasteiger partial charge in [0.1, 0.15) is 9.23 Å². The number of aliphatic hydroxyl groups is 1. The molecule has 0 radical (unpaired) electrons. The third kappa shape index (κ3) is 3.80. The minimum absolute atomic E-state index is 0.0627. The first-order valence-electron chi connectivity index (χ1n) is 6.93. The molecule has 2 rings (SSSR count). The Balaban J connectivity index is 2.48. The van der Waals surface area contributed by atoms with Crippen molar-refractivity contribution in [3.8, 4) is 0 Å². The topological polar surface area (TPSA) is 57.6 Å². The molecule has 1 N–H and O–H groups in total. The van der Waals surface area contributed by atoms with Crippen molar-refractivity contribution in [1.29, 1.82) is 0 Å². The highest BCUT2D eigenvalue weighted by Gasteiger charge is 2.71. The molecule has 156 valence electrons. The second-order valence-corrected chi connectivity index (χ2v) is 9.64. The number of benzene rings is 1. The number of rotatable bonds is 4. The number of sulfonamides is 1. The van der Waals surface area contributed by atoms with Crippen LogP contribution in [0.25, 0.3) is 0 Å². The number of thiophene rings is 1. The molecule has 4 nitrogen and oxygen atoms in total. The highest BCUT2D eigenvalue weighted by atomic mass is 35.5. The predicted molar refractivity (Wildman–Crippen MR) is 92.4 cm³/mol. The average molecular weight is 488 g/mol. The van der Waals surface area contributed by atoms with Crippen LogP contribution in [0.1, 0.15) is 5.56 Å². The minimum Gasteiger partial charge on any atom is -0.369 e. The third-order valence-corrected chi connectivity index (χ3v) is 7.27. The highest BCUT2D eigenvalue weighted by Crippen LogP contribution is 2.50. The monoisotopic (exact) mass is 487 g/mol. The zero-order valence-electron chi connectivity index (χ0n) is 13.4. The van der Waals surface area contributed by atoms with Crippen LogP contribution in [0.2, 0.25) is 8.67 Å². The summed E-state index contributed by atoms with van der Waals surface area (Å²) in [5.41, 5.74) is -6.90. The van der Waals surface area contributed by atoms with E-state index in [1.165, 1.54) is 0 Å². The van der Waals surface area contributed by atoms with E-state index < -0.39 is 33.5 Å². The quantitative estimate of drug-likeness (QED) is 0.603. The fraction of sp³-hybridized carbons (Fsp3) is 0.286. The molecule has 0 spiro atoms. The molecule has 0 saturated carbocycles. The van der Waals surface area contributed by atoms with Gasteiger partial charge in [0.25, 0.3) is 15.6 Å². The van der Waals surface area contributed by atoms with Crippen LogP contribution >= 0.6 is 34.5 Å². The van der Waals surface area contributed by atoms with Crippen molar-refractivity contribution in [2.45, 2.75) is 22.8 Å². The van der Waals surface area contributed by atoms with Crippen molar-refractivity contribution in [2.75, 3.05) is 11.4 Å². The second kappa shape index (κ2) is 7.24. The standard InChI is InChI=1S/C14H9Cl2F6NO3S2/c1-23(28(25,26)9-6-10(15)27-11(9)16)8-4-2-7(3-5-8)12(24,13(17,18)19)14(20,21)22/h2-6,24H,1H3. The number of anilines is 1. The van der Waals surface area contributed by atoms with Gasteiger partial charge in [0.05, 0.1) is 10.0 Å². The van der Waals surface area contributed by atoms with Crippen LogP contribution in [-0.2, 0) is 15.6 Å². The number of hydrogen-bond acceptors (Lipinski definition) is 4. The van der Waals surface area contributed by atoms with Gasteiger partial charge in [-0.05, 0) is 18.2 Å². The molecule has 0 atom stereocenters. The normalized spacial score (nSPS) is 13.6. The Morgan fingerprint density at radius 3 is 1.82 bits per heavy atom. The van der Waals surface area contributed by atoms with Gasteiger partial charge in [0.2, 0.25) is 0 Å². The summed E-state index contributed by atoms with van der Waals surface area (Å²) in [4.78, 5) is -0.377.